The van der Waals surface area contributed by atoms with E-state index in [-0.39, 0.29) is 12.3 Å². The summed E-state index contributed by atoms with van der Waals surface area (Å²) in [6, 6.07) is 12.8. The molecule has 0 atom stereocenters. The summed E-state index contributed by atoms with van der Waals surface area (Å²) in [4.78, 5) is 4.51. The van der Waals surface area contributed by atoms with Crippen LogP contribution in [-0.4, -0.2) is 39.4 Å². The van der Waals surface area contributed by atoms with Gasteiger partial charge in [-0.2, -0.15) is 13.2 Å². The van der Waals surface area contributed by atoms with E-state index in [0.29, 0.717) is 30.6 Å². The van der Waals surface area contributed by atoms with Crippen molar-refractivity contribution >= 4 is 32.2 Å². The topological polar surface area (TPSA) is 80.3 Å². The second kappa shape index (κ2) is 10.5. The van der Waals surface area contributed by atoms with Gasteiger partial charge < -0.3 is 10.1 Å². The van der Waals surface area contributed by atoms with Gasteiger partial charge >= 0.3 is 6.18 Å². The van der Waals surface area contributed by atoms with Crippen molar-refractivity contribution in [3.8, 4) is 5.75 Å². The average Bonchev–Trinajstić information content (AvgIpc) is 2.80. The lowest BCUT2D eigenvalue weighted by Crippen LogP contribution is -2.24. The van der Waals surface area contributed by atoms with Crippen LogP contribution in [0.25, 0.3) is 16.5 Å². The van der Waals surface area contributed by atoms with Gasteiger partial charge in [0.25, 0.3) is 0 Å². The summed E-state index contributed by atoms with van der Waals surface area (Å²) < 4.78 is 72.9. The van der Waals surface area contributed by atoms with Crippen LogP contribution in [0.3, 0.4) is 0 Å². The average molecular weight is 520 g/mol. The number of halogens is 3. The van der Waals surface area contributed by atoms with Crippen LogP contribution in [0.15, 0.2) is 54.1 Å². The number of hydrogen-bond acceptors (Lipinski definition) is 5. The zero-order valence-corrected chi connectivity index (χ0v) is 20.9. The Labute approximate surface area is 208 Å². The molecule has 4 rings (SSSR count). The third kappa shape index (κ3) is 6.55. The van der Waals surface area contributed by atoms with Crippen molar-refractivity contribution in [3.63, 3.8) is 0 Å². The maximum atomic E-state index is 13.7. The van der Waals surface area contributed by atoms with Crippen molar-refractivity contribution in [1.82, 2.24) is 10.3 Å². The summed E-state index contributed by atoms with van der Waals surface area (Å²) in [5, 5.41) is 4.12. The predicted molar refractivity (Wildman–Crippen MR) is 136 cm³/mol. The number of rotatable bonds is 7. The summed E-state index contributed by atoms with van der Waals surface area (Å²) in [6.45, 7) is 3.60. The minimum atomic E-state index is -4.63. The number of fused-ring (bicyclic) bond motifs is 1. The molecule has 1 aromatic heterocycles. The first kappa shape index (κ1) is 26.0. The molecule has 1 aliphatic heterocycles. The number of pyridine rings is 1. The number of sulfonamides is 1. The zero-order chi connectivity index (χ0) is 25.9. The monoisotopic (exact) mass is 519 g/mol. The van der Waals surface area contributed by atoms with Gasteiger partial charge in [-0.25, -0.2) is 8.42 Å². The molecule has 36 heavy (non-hydrogen) atoms. The molecule has 192 valence electrons. The third-order valence-corrected chi connectivity index (χ3v) is 6.59. The molecule has 0 amide bonds. The number of anilines is 1. The van der Waals surface area contributed by atoms with Crippen LogP contribution in [0.4, 0.5) is 18.9 Å². The Hall–Kier alpha value is -3.11. The zero-order valence-electron chi connectivity index (χ0n) is 20.1. The lowest BCUT2D eigenvalue weighted by Gasteiger charge is -2.22. The lowest BCUT2D eigenvalue weighted by molar-refractivity contribution is -0.137. The smallest absolute Gasteiger partial charge is 0.416 e. The van der Waals surface area contributed by atoms with Gasteiger partial charge in [-0.15, -0.1) is 0 Å². The normalized spacial score (nSPS) is 14.6. The molecule has 2 N–H and O–H groups in total. The van der Waals surface area contributed by atoms with Crippen LogP contribution < -0.4 is 14.8 Å². The third-order valence-electron chi connectivity index (χ3n) is 5.99. The summed E-state index contributed by atoms with van der Waals surface area (Å²) in [5.41, 5.74) is 2.79. The van der Waals surface area contributed by atoms with Gasteiger partial charge in [0.15, 0.2) is 0 Å². The van der Waals surface area contributed by atoms with Gasteiger partial charge in [0.2, 0.25) is 10.0 Å². The maximum Gasteiger partial charge on any atom is 0.416 e. The van der Waals surface area contributed by atoms with E-state index in [9.17, 15) is 21.6 Å². The van der Waals surface area contributed by atoms with Crippen molar-refractivity contribution in [2.75, 3.05) is 30.7 Å². The Morgan fingerprint density at radius 2 is 1.86 bits per heavy atom. The molecule has 0 radical (unpaired) electrons. The van der Waals surface area contributed by atoms with Gasteiger partial charge in [0.05, 0.1) is 23.9 Å². The number of ether oxygens (including phenoxy) is 1. The fourth-order valence-electron chi connectivity index (χ4n) is 4.41. The number of aryl methyl sites for hydroxylation is 1. The number of aromatic nitrogens is 1. The van der Waals surface area contributed by atoms with E-state index in [2.05, 4.69) is 15.0 Å². The summed E-state index contributed by atoms with van der Waals surface area (Å²) in [7, 11) is -3.76. The molecular weight excluding hydrogens is 491 g/mol. The largest absolute Gasteiger partial charge is 0.493 e. The summed E-state index contributed by atoms with van der Waals surface area (Å²) >= 11 is 0. The number of alkyl halides is 3. The summed E-state index contributed by atoms with van der Waals surface area (Å²) in [5.74, 6) is 0.651. The molecule has 0 unspecified atom stereocenters. The van der Waals surface area contributed by atoms with Crippen molar-refractivity contribution in [2.24, 2.45) is 0 Å². The van der Waals surface area contributed by atoms with E-state index in [4.69, 9.17) is 4.74 Å². The molecule has 1 aliphatic rings. The molecule has 1 saturated heterocycles. The molecule has 0 saturated carbocycles. The molecule has 6 nitrogen and oxygen atoms in total. The Kier molecular flexibility index (Phi) is 7.56. The van der Waals surface area contributed by atoms with E-state index in [1.807, 2.05) is 37.3 Å². The van der Waals surface area contributed by atoms with Gasteiger partial charge in [-0.1, -0.05) is 11.6 Å². The molecule has 0 bridgehead atoms. The van der Waals surface area contributed by atoms with Crippen LogP contribution in [0.5, 0.6) is 5.75 Å². The highest BCUT2D eigenvalue weighted by Gasteiger charge is 2.32. The van der Waals surface area contributed by atoms with Crippen molar-refractivity contribution in [2.45, 2.75) is 32.4 Å². The number of nitrogens with zero attached hydrogens (tertiary/aromatic N) is 1. The molecule has 3 aromatic rings. The molecule has 10 heteroatoms. The Morgan fingerprint density at radius 1 is 1.11 bits per heavy atom. The van der Waals surface area contributed by atoms with Crippen LogP contribution in [0.1, 0.15) is 36.1 Å². The fourth-order valence-corrected chi connectivity index (χ4v) is 4.96. The molecule has 0 aliphatic carbocycles. The van der Waals surface area contributed by atoms with Gasteiger partial charge in [0, 0.05) is 23.2 Å². The van der Waals surface area contributed by atoms with E-state index in [1.54, 1.807) is 0 Å². The summed E-state index contributed by atoms with van der Waals surface area (Å²) in [6.07, 6.45) is -1.97. The highest BCUT2D eigenvalue weighted by atomic mass is 32.2. The van der Waals surface area contributed by atoms with Gasteiger partial charge in [-0.3, -0.25) is 9.71 Å². The number of nitrogens with one attached hydrogen (secondary N) is 2. The van der Waals surface area contributed by atoms with E-state index < -0.39 is 21.8 Å². The van der Waals surface area contributed by atoms with Crippen LogP contribution in [-0.2, 0) is 16.2 Å². The van der Waals surface area contributed by atoms with E-state index in [1.165, 1.54) is 6.07 Å². The number of piperidine rings is 1. The van der Waals surface area contributed by atoms with E-state index >= 15 is 0 Å². The molecule has 2 heterocycles. The highest BCUT2D eigenvalue weighted by molar-refractivity contribution is 7.92. The molecular formula is C26H28F3N3O3S. The first-order chi connectivity index (χ1) is 17.0. The highest BCUT2D eigenvalue weighted by Crippen LogP contribution is 2.37. The van der Waals surface area contributed by atoms with Crippen LogP contribution >= 0.6 is 0 Å². The van der Waals surface area contributed by atoms with Gasteiger partial charge in [0.1, 0.15) is 5.75 Å². The lowest BCUT2D eigenvalue weighted by atomic mass is 9.90. The number of hydrogen-bond donors (Lipinski definition) is 2. The Bertz CT molecular complexity index is 1390. The molecule has 0 spiro atoms. The first-order valence-electron chi connectivity index (χ1n) is 11.6. The van der Waals surface area contributed by atoms with E-state index in [0.717, 1.165) is 59.2 Å². The Balaban J connectivity index is 1.68. The predicted octanol–water partition coefficient (Wildman–Crippen LogP) is 5.54. The minimum Gasteiger partial charge on any atom is -0.493 e. The second-order valence-corrected chi connectivity index (χ2v) is 10.6. The van der Waals surface area contributed by atoms with Crippen LogP contribution in [0, 0.1) is 6.92 Å². The van der Waals surface area contributed by atoms with Crippen molar-refractivity contribution in [3.05, 3.63) is 70.9 Å². The first-order valence-corrected chi connectivity index (χ1v) is 13.5. The van der Waals surface area contributed by atoms with Crippen molar-refractivity contribution in [1.29, 1.82) is 0 Å². The van der Waals surface area contributed by atoms with Crippen molar-refractivity contribution < 1.29 is 26.3 Å². The maximum absolute atomic E-state index is 13.7. The van der Waals surface area contributed by atoms with Crippen LogP contribution in [0.2, 0.25) is 0 Å². The molecule has 2 aromatic carbocycles. The minimum absolute atomic E-state index is 0.120. The SMILES string of the molecule is Cc1ccc2c(OCCC(=C3CCNCC3)c3cc(NS(C)(=O)=O)cc(C(F)(F)F)c3)cccc2n1. The quantitative estimate of drug-likeness (QED) is 0.429. The van der Waals surface area contributed by atoms with Gasteiger partial charge in [-0.05, 0) is 86.5 Å². The fraction of sp³-hybridized carbons (Fsp3) is 0.346. The Morgan fingerprint density at radius 3 is 2.56 bits per heavy atom. The standard InChI is InChI=1S/C26H28F3N3O3S/c1-17-6-7-23-24(31-17)4-3-5-25(23)35-13-10-22(18-8-11-30-12-9-18)19-14-20(26(27,28)29)16-21(15-19)32-36(2,33)34/h3-7,14-16,30,32H,8-13H2,1-2H3. The second-order valence-electron chi connectivity index (χ2n) is 8.88. The number of benzene rings is 2. The molecule has 1 fully saturated rings.